The van der Waals surface area contributed by atoms with E-state index in [2.05, 4.69) is 10.3 Å². The fourth-order valence-corrected chi connectivity index (χ4v) is 3.91. The average Bonchev–Trinajstić information content (AvgIpc) is 3.17. The Hall–Kier alpha value is -3.42. The number of benzene rings is 2. The zero-order valence-corrected chi connectivity index (χ0v) is 19.3. The van der Waals surface area contributed by atoms with Gasteiger partial charge in [-0.1, -0.05) is 48.0 Å². The van der Waals surface area contributed by atoms with Crippen molar-refractivity contribution in [1.29, 1.82) is 0 Å². The summed E-state index contributed by atoms with van der Waals surface area (Å²) in [5, 5.41) is 3.44. The second-order valence-electron chi connectivity index (χ2n) is 7.84. The fraction of sp³-hybridized carbons (Fsp3) is 0.240. The van der Waals surface area contributed by atoms with Crippen LogP contribution in [0.3, 0.4) is 0 Å². The summed E-state index contributed by atoms with van der Waals surface area (Å²) in [5.74, 6) is -0.263. The molecule has 1 N–H and O–H groups in total. The number of halogens is 1. The van der Waals surface area contributed by atoms with Crippen LogP contribution >= 0.6 is 11.6 Å². The van der Waals surface area contributed by atoms with Gasteiger partial charge in [0.25, 0.3) is 5.56 Å². The molecular formula is C25H25ClN4O3. The first-order valence-electron chi connectivity index (χ1n) is 10.7. The summed E-state index contributed by atoms with van der Waals surface area (Å²) >= 11 is 6.18. The molecule has 4 aromatic rings. The van der Waals surface area contributed by atoms with E-state index in [-0.39, 0.29) is 18.0 Å². The maximum absolute atomic E-state index is 13.3. The molecule has 33 heavy (non-hydrogen) atoms. The van der Waals surface area contributed by atoms with E-state index in [9.17, 15) is 9.59 Å². The van der Waals surface area contributed by atoms with Crippen LogP contribution in [0.15, 0.2) is 65.8 Å². The lowest BCUT2D eigenvalue weighted by Gasteiger charge is -2.09. The van der Waals surface area contributed by atoms with Gasteiger partial charge in [0.1, 0.15) is 17.6 Å². The Labute approximate surface area is 196 Å². The minimum Gasteiger partial charge on any atom is -0.385 e. The number of hydrogen-bond donors (Lipinski definition) is 1. The molecule has 7 nitrogen and oxygen atoms in total. The number of hydrogen-bond acceptors (Lipinski definition) is 4. The number of carbonyl (C=O) groups excluding carboxylic acids is 1. The number of nitrogens with one attached hydrogen (secondary N) is 1. The summed E-state index contributed by atoms with van der Waals surface area (Å²) in [7, 11) is 1.63. The highest BCUT2D eigenvalue weighted by Gasteiger charge is 2.18. The number of methoxy groups -OCH3 is 1. The first-order valence-corrected chi connectivity index (χ1v) is 11.0. The molecule has 0 aliphatic rings. The Morgan fingerprint density at radius 1 is 1.15 bits per heavy atom. The molecule has 0 unspecified atom stereocenters. The van der Waals surface area contributed by atoms with Crippen molar-refractivity contribution in [2.45, 2.75) is 26.4 Å². The summed E-state index contributed by atoms with van der Waals surface area (Å²) in [6.07, 6.45) is 4.06. The quantitative estimate of drug-likeness (QED) is 0.389. The number of rotatable bonds is 8. The summed E-state index contributed by atoms with van der Waals surface area (Å²) in [4.78, 5) is 30.8. The summed E-state index contributed by atoms with van der Waals surface area (Å²) in [5.41, 5.74) is 4.04. The van der Waals surface area contributed by atoms with Gasteiger partial charge >= 0.3 is 0 Å². The predicted octanol–water partition coefficient (Wildman–Crippen LogP) is 4.50. The van der Waals surface area contributed by atoms with Gasteiger partial charge in [-0.3, -0.25) is 14.2 Å². The fourth-order valence-electron chi connectivity index (χ4n) is 3.73. The Morgan fingerprint density at radius 3 is 2.67 bits per heavy atom. The standard InChI is InChI=1S/C25H25ClN4O3/c1-17-9-10-19(13-21(17)26)28-22(31)15-30-14-20(18-7-4-3-5-8-18)23-24(30)25(32)29(16-27-23)11-6-12-33-2/h3-5,7-10,13-14,16H,6,11-12,15H2,1-2H3,(H,28,31). The monoisotopic (exact) mass is 464 g/mol. The number of anilines is 1. The number of amides is 1. The third-order valence-corrected chi connectivity index (χ3v) is 5.85. The molecule has 0 atom stereocenters. The molecule has 1 amide bonds. The number of nitrogens with zero attached hydrogens (tertiary/aromatic N) is 3. The van der Waals surface area contributed by atoms with Crippen molar-refractivity contribution in [2.75, 3.05) is 19.0 Å². The van der Waals surface area contributed by atoms with Gasteiger partial charge in [0.15, 0.2) is 0 Å². The molecule has 0 radical (unpaired) electrons. The van der Waals surface area contributed by atoms with Crippen LogP contribution in [0.2, 0.25) is 5.02 Å². The number of ether oxygens (including phenoxy) is 1. The van der Waals surface area contributed by atoms with Crippen molar-refractivity contribution in [1.82, 2.24) is 14.1 Å². The topological polar surface area (TPSA) is 78.2 Å². The normalized spacial score (nSPS) is 11.1. The number of fused-ring (bicyclic) bond motifs is 1. The molecule has 0 aliphatic heterocycles. The molecule has 0 spiro atoms. The zero-order valence-electron chi connectivity index (χ0n) is 18.5. The van der Waals surface area contributed by atoms with Crippen LogP contribution in [0.1, 0.15) is 12.0 Å². The molecule has 4 rings (SSSR count). The smallest absolute Gasteiger partial charge is 0.277 e. The van der Waals surface area contributed by atoms with Crippen molar-refractivity contribution < 1.29 is 9.53 Å². The van der Waals surface area contributed by atoms with E-state index in [1.165, 1.54) is 0 Å². The molecule has 0 aliphatic carbocycles. The lowest BCUT2D eigenvalue weighted by atomic mass is 10.1. The van der Waals surface area contributed by atoms with Crippen LogP contribution in [-0.2, 0) is 22.6 Å². The SMILES string of the molecule is COCCCn1cnc2c(-c3ccccc3)cn(CC(=O)Nc3ccc(C)c(Cl)c3)c2c1=O. The van der Waals surface area contributed by atoms with E-state index in [1.54, 1.807) is 34.7 Å². The Kier molecular flexibility index (Phi) is 6.91. The van der Waals surface area contributed by atoms with Crippen molar-refractivity contribution in [3.05, 3.63) is 82.0 Å². The molecular weight excluding hydrogens is 440 g/mol. The summed E-state index contributed by atoms with van der Waals surface area (Å²) in [6, 6.07) is 15.1. The van der Waals surface area contributed by atoms with Crippen LogP contribution in [0.25, 0.3) is 22.2 Å². The van der Waals surface area contributed by atoms with Gasteiger partial charge in [-0.25, -0.2) is 4.98 Å². The highest BCUT2D eigenvalue weighted by molar-refractivity contribution is 6.31. The Bertz CT molecular complexity index is 1350. The number of carbonyl (C=O) groups is 1. The lowest BCUT2D eigenvalue weighted by Crippen LogP contribution is -2.25. The van der Waals surface area contributed by atoms with Crippen LogP contribution in [0.5, 0.6) is 0 Å². The van der Waals surface area contributed by atoms with E-state index in [0.717, 1.165) is 16.7 Å². The first-order chi connectivity index (χ1) is 16.0. The van der Waals surface area contributed by atoms with Gasteiger partial charge in [0.05, 0.1) is 6.33 Å². The third-order valence-electron chi connectivity index (χ3n) is 5.44. The first kappa shape index (κ1) is 22.8. The van der Waals surface area contributed by atoms with Crippen molar-refractivity contribution in [2.24, 2.45) is 0 Å². The van der Waals surface area contributed by atoms with E-state index in [1.807, 2.05) is 49.5 Å². The summed E-state index contributed by atoms with van der Waals surface area (Å²) in [6.45, 7) is 2.89. The van der Waals surface area contributed by atoms with Crippen LogP contribution in [-0.4, -0.2) is 33.7 Å². The second-order valence-corrected chi connectivity index (χ2v) is 8.24. The third kappa shape index (κ3) is 4.99. The molecule has 0 bridgehead atoms. The molecule has 0 saturated carbocycles. The van der Waals surface area contributed by atoms with E-state index < -0.39 is 0 Å². The molecule has 170 valence electrons. The largest absolute Gasteiger partial charge is 0.385 e. The van der Waals surface area contributed by atoms with Crippen LogP contribution in [0.4, 0.5) is 5.69 Å². The van der Waals surface area contributed by atoms with Gasteiger partial charge in [-0.2, -0.15) is 0 Å². The lowest BCUT2D eigenvalue weighted by molar-refractivity contribution is -0.116. The minimum atomic E-state index is -0.263. The van der Waals surface area contributed by atoms with E-state index in [0.29, 0.717) is 41.3 Å². The van der Waals surface area contributed by atoms with Crippen LogP contribution < -0.4 is 10.9 Å². The molecule has 2 aromatic carbocycles. The number of aryl methyl sites for hydroxylation is 2. The van der Waals surface area contributed by atoms with Crippen molar-refractivity contribution in [3.63, 3.8) is 0 Å². The van der Waals surface area contributed by atoms with E-state index in [4.69, 9.17) is 16.3 Å². The Morgan fingerprint density at radius 2 is 1.94 bits per heavy atom. The zero-order chi connectivity index (χ0) is 23.4. The molecule has 2 heterocycles. The highest BCUT2D eigenvalue weighted by Crippen LogP contribution is 2.28. The number of aromatic nitrogens is 3. The molecule has 2 aromatic heterocycles. The van der Waals surface area contributed by atoms with Gasteiger partial charge in [0, 0.05) is 42.7 Å². The highest BCUT2D eigenvalue weighted by atomic mass is 35.5. The minimum absolute atomic E-state index is 0.0339. The van der Waals surface area contributed by atoms with Crippen LogP contribution in [0, 0.1) is 6.92 Å². The van der Waals surface area contributed by atoms with Gasteiger partial charge in [0.2, 0.25) is 5.91 Å². The average molecular weight is 465 g/mol. The van der Waals surface area contributed by atoms with Crippen molar-refractivity contribution in [3.8, 4) is 11.1 Å². The van der Waals surface area contributed by atoms with Gasteiger partial charge < -0.3 is 14.6 Å². The van der Waals surface area contributed by atoms with Gasteiger partial charge in [-0.15, -0.1) is 0 Å². The second kappa shape index (κ2) is 10.0. The molecule has 8 heteroatoms. The van der Waals surface area contributed by atoms with E-state index >= 15 is 0 Å². The predicted molar refractivity (Wildman–Crippen MR) is 131 cm³/mol. The Balaban J connectivity index is 1.72. The van der Waals surface area contributed by atoms with Crippen molar-refractivity contribution >= 4 is 34.2 Å². The maximum atomic E-state index is 13.3. The molecule has 0 fully saturated rings. The molecule has 0 saturated heterocycles. The van der Waals surface area contributed by atoms with Gasteiger partial charge in [-0.05, 0) is 36.6 Å². The summed E-state index contributed by atoms with van der Waals surface area (Å²) < 4.78 is 8.33. The maximum Gasteiger partial charge on any atom is 0.277 e.